The van der Waals surface area contributed by atoms with Gasteiger partial charge in [0.2, 0.25) is 0 Å². The Hall–Kier alpha value is -2.18. The van der Waals surface area contributed by atoms with E-state index < -0.39 is 17.7 Å². The molecule has 0 aliphatic heterocycles. The first kappa shape index (κ1) is 16.9. The number of ether oxygens (including phenoxy) is 1. The summed E-state index contributed by atoms with van der Waals surface area (Å²) in [6.07, 6.45) is 2.49. The molecule has 1 aromatic rings. The van der Waals surface area contributed by atoms with Crippen LogP contribution in [0, 0.1) is 11.6 Å². The molecule has 0 aliphatic carbocycles. The maximum absolute atomic E-state index is 13.3. The monoisotopic (exact) mass is 300 g/mol. The minimum absolute atomic E-state index is 0.0837. The minimum atomic E-state index is -0.830. The summed E-state index contributed by atoms with van der Waals surface area (Å²) in [6.45, 7) is 0.399. The molecule has 0 aromatic heterocycles. The molecule has 0 radical (unpaired) electrons. The van der Waals surface area contributed by atoms with E-state index in [1.807, 2.05) is 0 Å². The Morgan fingerprint density at radius 1 is 1.19 bits per heavy atom. The fraction of sp³-hybridized carbons (Fsp3) is 0.429. The van der Waals surface area contributed by atoms with Gasteiger partial charge in [-0.15, -0.1) is 0 Å². The number of benzene rings is 1. The lowest BCUT2D eigenvalue weighted by Gasteiger charge is -2.08. The van der Waals surface area contributed by atoms with Crippen molar-refractivity contribution in [1.82, 2.24) is 5.32 Å². The zero-order valence-corrected chi connectivity index (χ0v) is 11.7. The molecule has 0 atom stereocenters. The van der Waals surface area contributed by atoms with Gasteiger partial charge in [0, 0.05) is 19.0 Å². The number of esters is 1. The molecule has 0 fully saturated rings. The highest BCUT2D eigenvalue weighted by atomic mass is 19.1. The summed E-state index contributed by atoms with van der Waals surface area (Å²) < 4.78 is 30.5. The van der Waals surface area contributed by atoms with Crippen LogP contribution in [0.1, 0.15) is 25.7 Å². The van der Waals surface area contributed by atoms with E-state index in [9.17, 15) is 18.4 Å². The lowest BCUT2D eigenvalue weighted by molar-refractivity contribution is -0.140. The summed E-state index contributed by atoms with van der Waals surface area (Å²) in [7, 11) is 1.34. The van der Waals surface area contributed by atoms with Crippen molar-refractivity contribution in [2.24, 2.45) is 0 Å². The van der Waals surface area contributed by atoms with Gasteiger partial charge < -0.3 is 15.4 Å². The second-order valence-corrected chi connectivity index (χ2v) is 4.39. The molecule has 5 nitrogen and oxygen atoms in total. The summed E-state index contributed by atoms with van der Waals surface area (Å²) >= 11 is 0. The van der Waals surface area contributed by atoms with E-state index in [1.165, 1.54) is 7.11 Å². The normalized spacial score (nSPS) is 10.0. The lowest BCUT2D eigenvalue weighted by Crippen LogP contribution is -2.29. The molecule has 116 valence electrons. The van der Waals surface area contributed by atoms with E-state index in [0.29, 0.717) is 31.9 Å². The molecule has 2 N–H and O–H groups in total. The van der Waals surface area contributed by atoms with Gasteiger partial charge in [0.1, 0.15) is 11.6 Å². The van der Waals surface area contributed by atoms with Gasteiger partial charge >= 0.3 is 12.0 Å². The van der Waals surface area contributed by atoms with Crippen LogP contribution < -0.4 is 10.6 Å². The van der Waals surface area contributed by atoms with Crippen molar-refractivity contribution >= 4 is 17.7 Å². The summed E-state index contributed by atoms with van der Waals surface area (Å²) in [5, 5.41) is 4.84. The second kappa shape index (κ2) is 8.89. The third-order valence-corrected chi connectivity index (χ3v) is 2.75. The van der Waals surface area contributed by atoms with Crippen LogP contribution in [0.3, 0.4) is 0 Å². The van der Waals surface area contributed by atoms with Crippen molar-refractivity contribution in [1.29, 1.82) is 0 Å². The molecule has 0 saturated heterocycles. The van der Waals surface area contributed by atoms with E-state index in [1.54, 1.807) is 0 Å². The number of nitrogens with one attached hydrogen (secondary N) is 2. The Morgan fingerprint density at radius 2 is 1.95 bits per heavy atom. The second-order valence-electron chi connectivity index (χ2n) is 4.39. The van der Waals surface area contributed by atoms with E-state index in [4.69, 9.17) is 0 Å². The summed E-state index contributed by atoms with van der Waals surface area (Å²) in [5.41, 5.74) is -0.0837. The van der Waals surface area contributed by atoms with Crippen LogP contribution in [0.4, 0.5) is 19.3 Å². The fourth-order valence-electron chi connectivity index (χ4n) is 1.63. The molecule has 0 bridgehead atoms. The van der Waals surface area contributed by atoms with Crippen LogP contribution in [0.15, 0.2) is 18.2 Å². The van der Waals surface area contributed by atoms with Gasteiger partial charge in [-0.1, -0.05) is 6.42 Å². The van der Waals surface area contributed by atoms with E-state index in [0.717, 1.165) is 18.6 Å². The number of amides is 2. The number of carbonyl (C=O) groups excluding carboxylic acids is 2. The van der Waals surface area contributed by atoms with Crippen LogP contribution in [0.25, 0.3) is 0 Å². The molecule has 1 rings (SSSR count). The third-order valence-electron chi connectivity index (χ3n) is 2.75. The number of hydrogen-bond donors (Lipinski definition) is 2. The minimum Gasteiger partial charge on any atom is -0.469 e. The average Bonchev–Trinajstić information content (AvgIpc) is 2.45. The number of rotatable bonds is 7. The number of halogens is 2. The smallest absolute Gasteiger partial charge is 0.319 e. The van der Waals surface area contributed by atoms with Crippen LogP contribution in [0.5, 0.6) is 0 Å². The number of hydrogen-bond acceptors (Lipinski definition) is 3. The number of urea groups is 1. The van der Waals surface area contributed by atoms with Crippen LogP contribution >= 0.6 is 0 Å². The highest BCUT2D eigenvalue weighted by Gasteiger charge is 2.07. The van der Waals surface area contributed by atoms with Gasteiger partial charge in [0.05, 0.1) is 12.8 Å². The third kappa shape index (κ3) is 6.69. The van der Waals surface area contributed by atoms with Crippen molar-refractivity contribution in [2.75, 3.05) is 19.0 Å². The Balaban J connectivity index is 2.18. The number of carbonyl (C=O) groups is 2. The maximum Gasteiger partial charge on any atom is 0.319 e. The molecule has 0 saturated carbocycles. The SMILES string of the molecule is COC(=O)CCCCCNC(=O)Nc1ccc(F)cc1F. The molecular weight excluding hydrogens is 282 g/mol. The molecule has 7 heteroatoms. The largest absolute Gasteiger partial charge is 0.469 e. The Labute approximate surface area is 121 Å². The molecule has 0 unspecified atom stereocenters. The Morgan fingerprint density at radius 3 is 2.62 bits per heavy atom. The maximum atomic E-state index is 13.3. The van der Waals surface area contributed by atoms with Gasteiger partial charge in [-0.05, 0) is 25.0 Å². The zero-order valence-electron chi connectivity index (χ0n) is 11.7. The van der Waals surface area contributed by atoms with Gasteiger partial charge in [-0.25, -0.2) is 13.6 Å². The van der Waals surface area contributed by atoms with Crippen molar-refractivity contribution in [3.05, 3.63) is 29.8 Å². The van der Waals surface area contributed by atoms with Crippen molar-refractivity contribution in [2.45, 2.75) is 25.7 Å². The van der Waals surface area contributed by atoms with E-state index in [-0.39, 0.29) is 11.7 Å². The number of methoxy groups -OCH3 is 1. The predicted molar refractivity (Wildman–Crippen MR) is 73.9 cm³/mol. The Kier molecular flexibility index (Phi) is 7.14. The molecular formula is C14H18F2N2O3. The average molecular weight is 300 g/mol. The van der Waals surface area contributed by atoms with Gasteiger partial charge in [-0.3, -0.25) is 4.79 Å². The number of anilines is 1. The lowest BCUT2D eigenvalue weighted by atomic mass is 10.2. The van der Waals surface area contributed by atoms with E-state index >= 15 is 0 Å². The van der Waals surface area contributed by atoms with Gasteiger partial charge in [0.25, 0.3) is 0 Å². The molecule has 21 heavy (non-hydrogen) atoms. The van der Waals surface area contributed by atoms with Crippen LogP contribution in [0.2, 0.25) is 0 Å². The standard InChI is InChI=1S/C14H18F2N2O3/c1-21-13(19)5-3-2-4-8-17-14(20)18-12-7-6-10(15)9-11(12)16/h6-7,9H,2-5,8H2,1H3,(H2,17,18,20). The van der Waals surface area contributed by atoms with Crippen LogP contribution in [-0.2, 0) is 9.53 Å². The molecule has 0 heterocycles. The summed E-state index contributed by atoms with van der Waals surface area (Å²) in [5.74, 6) is -1.79. The molecule has 1 aromatic carbocycles. The Bertz CT molecular complexity index is 495. The highest BCUT2D eigenvalue weighted by Crippen LogP contribution is 2.14. The van der Waals surface area contributed by atoms with E-state index in [2.05, 4.69) is 15.4 Å². The molecule has 2 amide bonds. The van der Waals surface area contributed by atoms with Gasteiger partial charge in [0.15, 0.2) is 0 Å². The highest BCUT2D eigenvalue weighted by molar-refractivity contribution is 5.89. The van der Waals surface area contributed by atoms with Crippen molar-refractivity contribution in [3.8, 4) is 0 Å². The predicted octanol–water partition coefficient (Wildman–Crippen LogP) is 2.82. The van der Waals surface area contributed by atoms with Crippen LogP contribution in [-0.4, -0.2) is 25.7 Å². The first-order chi connectivity index (χ1) is 10.0. The zero-order chi connectivity index (χ0) is 15.7. The first-order valence-electron chi connectivity index (χ1n) is 6.59. The van der Waals surface area contributed by atoms with Gasteiger partial charge in [-0.2, -0.15) is 0 Å². The molecule has 0 spiro atoms. The van der Waals surface area contributed by atoms with Crippen molar-refractivity contribution < 1.29 is 23.1 Å². The quantitative estimate of drug-likeness (QED) is 0.601. The topological polar surface area (TPSA) is 67.4 Å². The fourth-order valence-corrected chi connectivity index (χ4v) is 1.63. The molecule has 0 aliphatic rings. The summed E-state index contributed by atoms with van der Waals surface area (Å²) in [6, 6.07) is 2.35. The first-order valence-corrected chi connectivity index (χ1v) is 6.59. The number of unbranched alkanes of at least 4 members (excludes halogenated alkanes) is 2. The van der Waals surface area contributed by atoms with Crippen molar-refractivity contribution in [3.63, 3.8) is 0 Å². The summed E-state index contributed by atoms with van der Waals surface area (Å²) in [4.78, 5) is 22.3.